The number of nitrogens with zero attached hydrogens (tertiary/aromatic N) is 2. The van der Waals surface area contributed by atoms with Gasteiger partial charge in [-0.15, -0.1) is 0 Å². The summed E-state index contributed by atoms with van der Waals surface area (Å²) in [5.74, 6) is 0. The Kier molecular flexibility index (Phi) is 1.99. The Bertz CT molecular complexity index is 1640. The summed E-state index contributed by atoms with van der Waals surface area (Å²) in [6.07, 6.45) is 1.79. The van der Waals surface area contributed by atoms with Crippen molar-refractivity contribution in [1.82, 2.24) is 8.97 Å². The number of aromatic nitrogens is 2. The molecule has 0 fully saturated rings. The van der Waals surface area contributed by atoms with Crippen LogP contribution in [0.4, 0.5) is 0 Å². The lowest BCUT2D eigenvalue weighted by molar-refractivity contribution is 0.619. The molecule has 3 heteroatoms. The maximum absolute atomic E-state index is 5.89. The fourth-order valence-corrected chi connectivity index (χ4v) is 4.91. The molecule has 7 aromatic rings. The Morgan fingerprint density at radius 3 is 2.42 bits per heavy atom. The Hall–Kier alpha value is -3.46. The topological polar surface area (TPSA) is 22.5 Å². The van der Waals surface area contributed by atoms with E-state index in [4.69, 9.17) is 4.42 Å². The second-order valence-corrected chi connectivity index (χ2v) is 7.10. The number of fused-ring (bicyclic) bond motifs is 6. The van der Waals surface area contributed by atoms with Gasteiger partial charge in [-0.2, -0.15) is 0 Å². The van der Waals surface area contributed by atoms with Crippen molar-refractivity contribution in [2.75, 3.05) is 0 Å². The van der Waals surface area contributed by atoms with Crippen LogP contribution in [0, 0.1) is 0 Å². The van der Waals surface area contributed by atoms with Gasteiger partial charge in [0.25, 0.3) is 0 Å². The van der Waals surface area contributed by atoms with Crippen LogP contribution in [0.5, 0.6) is 0 Å². The smallest absolute Gasteiger partial charge is 0.159 e. The van der Waals surface area contributed by atoms with Crippen LogP contribution in [-0.4, -0.2) is 8.97 Å². The van der Waals surface area contributed by atoms with E-state index < -0.39 is 0 Å². The fourth-order valence-electron chi connectivity index (χ4n) is 4.91. The molecule has 0 saturated heterocycles. The summed E-state index contributed by atoms with van der Waals surface area (Å²) in [5.41, 5.74) is 7.09. The van der Waals surface area contributed by atoms with Crippen molar-refractivity contribution in [2.24, 2.45) is 7.05 Å². The Morgan fingerprint density at radius 2 is 1.46 bits per heavy atom. The van der Waals surface area contributed by atoms with E-state index in [1.807, 2.05) is 0 Å². The van der Waals surface area contributed by atoms with Gasteiger partial charge < -0.3 is 13.4 Å². The van der Waals surface area contributed by atoms with E-state index in [1.54, 1.807) is 6.26 Å². The monoisotopic (exact) mass is 334 g/mol. The van der Waals surface area contributed by atoms with Crippen LogP contribution in [-0.2, 0) is 7.05 Å². The van der Waals surface area contributed by atoms with Gasteiger partial charge in [0.15, 0.2) is 5.58 Å². The molecule has 122 valence electrons. The van der Waals surface area contributed by atoms with Gasteiger partial charge >= 0.3 is 0 Å². The Balaban J connectivity index is 2.09. The minimum Gasteiger partial charge on any atom is -0.462 e. The van der Waals surface area contributed by atoms with Crippen molar-refractivity contribution in [1.29, 1.82) is 0 Å². The van der Waals surface area contributed by atoms with E-state index in [2.05, 4.69) is 76.7 Å². The molecule has 0 aliphatic rings. The molecular formula is C23H14N2O. The maximum atomic E-state index is 5.89. The first-order chi connectivity index (χ1) is 12.8. The third kappa shape index (κ3) is 1.21. The second-order valence-electron chi connectivity index (χ2n) is 7.10. The van der Waals surface area contributed by atoms with Crippen LogP contribution in [0.25, 0.3) is 60.1 Å². The normalized spacial score (nSPS) is 12.8. The predicted molar refractivity (Wildman–Crippen MR) is 107 cm³/mol. The third-order valence-electron chi connectivity index (χ3n) is 5.96. The van der Waals surface area contributed by atoms with Gasteiger partial charge in [0, 0.05) is 40.2 Å². The number of furan rings is 1. The molecule has 0 saturated carbocycles. The van der Waals surface area contributed by atoms with Gasteiger partial charge in [-0.05, 0) is 29.7 Å². The summed E-state index contributed by atoms with van der Waals surface area (Å²) in [4.78, 5) is 0. The van der Waals surface area contributed by atoms with E-state index in [0.717, 1.165) is 11.1 Å². The summed E-state index contributed by atoms with van der Waals surface area (Å²) in [7, 11) is 2.16. The fraction of sp³-hybridized carbons (Fsp3) is 0.0435. The average molecular weight is 334 g/mol. The lowest BCUT2D eigenvalue weighted by Crippen LogP contribution is -1.88. The quantitative estimate of drug-likeness (QED) is 0.330. The molecule has 0 atom stereocenters. The molecule has 0 bridgehead atoms. The van der Waals surface area contributed by atoms with E-state index in [1.165, 1.54) is 49.0 Å². The molecule has 0 aliphatic carbocycles. The molecule has 7 rings (SSSR count). The third-order valence-corrected chi connectivity index (χ3v) is 5.96. The highest BCUT2D eigenvalue weighted by atomic mass is 16.3. The van der Waals surface area contributed by atoms with Crippen LogP contribution >= 0.6 is 0 Å². The molecule has 3 nitrogen and oxygen atoms in total. The first-order valence-electron chi connectivity index (χ1n) is 8.86. The number of hydrogen-bond acceptors (Lipinski definition) is 1. The van der Waals surface area contributed by atoms with E-state index in [9.17, 15) is 0 Å². The molecular weight excluding hydrogens is 320 g/mol. The van der Waals surface area contributed by atoms with Crippen molar-refractivity contribution in [2.45, 2.75) is 0 Å². The zero-order valence-electron chi connectivity index (χ0n) is 14.2. The zero-order valence-corrected chi connectivity index (χ0v) is 14.2. The van der Waals surface area contributed by atoms with Gasteiger partial charge in [-0.1, -0.05) is 30.3 Å². The minimum atomic E-state index is 0.966. The number of benzene rings is 3. The lowest BCUT2D eigenvalue weighted by atomic mass is 10.0. The van der Waals surface area contributed by atoms with Gasteiger partial charge in [0.1, 0.15) is 0 Å². The standard InChI is InChI=1S/C23H14N2O/c1-24-17-8-4-6-14-13-5-2-3-7-16(13)25-19-11-12-26-23(19)15-9-10-18(24)21(20(14)17)22(15)25/h2-12H,1H3. The molecule has 3 aromatic carbocycles. The van der Waals surface area contributed by atoms with E-state index >= 15 is 0 Å². The molecule has 26 heavy (non-hydrogen) atoms. The molecule has 0 amide bonds. The van der Waals surface area contributed by atoms with E-state index in [0.29, 0.717) is 0 Å². The predicted octanol–water partition coefficient (Wildman–Crippen LogP) is 6.07. The minimum absolute atomic E-state index is 0.966. The lowest BCUT2D eigenvalue weighted by Gasteiger charge is -2.03. The Morgan fingerprint density at radius 1 is 0.654 bits per heavy atom. The largest absolute Gasteiger partial charge is 0.462 e. The summed E-state index contributed by atoms with van der Waals surface area (Å²) in [6, 6.07) is 21.8. The van der Waals surface area contributed by atoms with Crippen molar-refractivity contribution in [3.63, 3.8) is 0 Å². The summed E-state index contributed by atoms with van der Waals surface area (Å²) < 4.78 is 10.6. The highest BCUT2D eigenvalue weighted by Gasteiger charge is 2.21. The first kappa shape index (κ1) is 12.8. The van der Waals surface area contributed by atoms with Crippen molar-refractivity contribution >= 4 is 60.1 Å². The molecule has 4 aromatic heterocycles. The summed E-state index contributed by atoms with van der Waals surface area (Å²) >= 11 is 0. The van der Waals surface area contributed by atoms with Crippen LogP contribution < -0.4 is 0 Å². The SMILES string of the molecule is Cn1c2cccc3c4ccccc4n4c5ccoc5c5ccc1c(c32)c54. The number of para-hydroxylation sites is 1. The maximum Gasteiger partial charge on any atom is 0.159 e. The van der Waals surface area contributed by atoms with Crippen LogP contribution in [0.3, 0.4) is 0 Å². The molecule has 4 heterocycles. The van der Waals surface area contributed by atoms with E-state index in [-0.39, 0.29) is 0 Å². The molecule has 0 aliphatic heterocycles. The second kappa shape index (κ2) is 4.02. The Labute approximate surface area is 148 Å². The first-order valence-corrected chi connectivity index (χ1v) is 8.86. The summed E-state index contributed by atoms with van der Waals surface area (Å²) in [6.45, 7) is 0. The number of rotatable bonds is 0. The van der Waals surface area contributed by atoms with Crippen molar-refractivity contribution in [3.05, 3.63) is 66.9 Å². The van der Waals surface area contributed by atoms with Crippen LogP contribution in [0.15, 0.2) is 71.3 Å². The highest BCUT2D eigenvalue weighted by Crippen LogP contribution is 2.43. The van der Waals surface area contributed by atoms with Crippen molar-refractivity contribution < 1.29 is 4.42 Å². The zero-order chi connectivity index (χ0) is 17.0. The number of hydrogen-bond donors (Lipinski definition) is 0. The van der Waals surface area contributed by atoms with Gasteiger partial charge in [0.2, 0.25) is 0 Å². The van der Waals surface area contributed by atoms with Crippen LogP contribution in [0.2, 0.25) is 0 Å². The molecule has 0 spiro atoms. The summed E-state index contributed by atoms with van der Waals surface area (Å²) in [5, 5.41) is 6.40. The molecule has 0 radical (unpaired) electrons. The number of aryl methyl sites for hydroxylation is 1. The molecule has 0 N–H and O–H groups in total. The van der Waals surface area contributed by atoms with Gasteiger partial charge in [-0.3, -0.25) is 0 Å². The highest BCUT2D eigenvalue weighted by molar-refractivity contribution is 6.32. The van der Waals surface area contributed by atoms with Gasteiger partial charge in [-0.25, -0.2) is 0 Å². The van der Waals surface area contributed by atoms with Crippen molar-refractivity contribution in [3.8, 4) is 0 Å². The molecule has 0 unspecified atom stereocenters. The van der Waals surface area contributed by atoms with Crippen LogP contribution in [0.1, 0.15) is 0 Å². The van der Waals surface area contributed by atoms with Gasteiger partial charge in [0.05, 0.1) is 28.3 Å². The average Bonchev–Trinajstić information content (AvgIpc) is 3.31.